The standard InChI is InChI=1S/C26H22N2O3/c29-25(28-23-14-8-3-9-15-23)22-16-24(30-18-20-10-4-1-5-11-20)26(27-17-22)31-19-21-12-6-2-7-13-21/h1-17H,18-19H2,(H,28,29). The van der Waals surface area contributed by atoms with Gasteiger partial charge in [-0.05, 0) is 23.3 Å². The zero-order chi connectivity index (χ0) is 21.3. The highest BCUT2D eigenvalue weighted by Crippen LogP contribution is 2.28. The third-order valence-corrected chi connectivity index (χ3v) is 4.57. The van der Waals surface area contributed by atoms with Crippen molar-refractivity contribution in [3.05, 3.63) is 120 Å². The Hall–Kier alpha value is -4.12. The van der Waals surface area contributed by atoms with E-state index >= 15 is 0 Å². The van der Waals surface area contributed by atoms with Crippen LogP contribution in [0.25, 0.3) is 0 Å². The first-order valence-corrected chi connectivity index (χ1v) is 9.98. The van der Waals surface area contributed by atoms with Gasteiger partial charge in [-0.2, -0.15) is 0 Å². The SMILES string of the molecule is O=C(Nc1ccccc1)c1cnc(OCc2ccccc2)c(OCc2ccccc2)c1. The third kappa shape index (κ3) is 5.70. The van der Waals surface area contributed by atoms with E-state index in [1.807, 2.05) is 91.0 Å². The van der Waals surface area contributed by atoms with Crippen LogP contribution in [0.2, 0.25) is 0 Å². The van der Waals surface area contributed by atoms with Gasteiger partial charge in [0, 0.05) is 18.0 Å². The normalized spacial score (nSPS) is 10.3. The molecule has 0 saturated carbocycles. The molecule has 0 unspecified atom stereocenters. The molecule has 0 fully saturated rings. The Morgan fingerprint density at radius 1 is 0.742 bits per heavy atom. The lowest BCUT2D eigenvalue weighted by Crippen LogP contribution is -2.13. The summed E-state index contributed by atoms with van der Waals surface area (Å²) >= 11 is 0. The average Bonchev–Trinajstić information content (AvgIpc) is 2.83. The molecule has 4 aromatic rings. The lowest BCUT2D eigenvalue weighted by Gasteiger charge is -2.13. The number of ether oxygens (including phenoxy) is 2. The summed E-state index contributed by atoms with van der Waals surface area (Å²) < 4.78 is 11.9. The molecule has 0 radical (unpaired) electrons. The maximum Gasteiger partial charge on any atom is 0.257 e. The number of amides is 1. The van der Waals surface area contributed by atoms with Crippen molar-refractivity contribution in [2.75, 3.05) is 5.32 Å². The van der Waals surface area contributed by atoms with Crippen LogP contribution in [0.1, 0.15) is 21.5 Å². The molecule has 0 atom stereocenters. The van der Waals surface area contributed by atoms with E-state index in [4.69, 9.17) is 9.47 Å². The average molecular weight is 410 g/mol. The Morgan fingerprint density at radius 2 is 1.29 bits per heavy atom. The van der Waals surface area contributed by atoms with Gasteiger partial charge in [-0.1, -0.05) is 78.9 Å². The molecule has 3 aromatic carbocycles. The van der Waals surface area contributed by atoms with E-state index < -0.39 is 0 Å². The smallest absolute Gasteiger partial charge is 0.257 e. The highest BCUT2D eigenvalue weighted by molar-refractivity contribution is 6.04. The number of para-hydroxylation sites is 1. The van der Waals surface area contributed by atoms with Crippen LogP contribution in [0, 0.1) is 0 Å². The molecule has 5 nitrogen and oxygen atoms in total. The summed E-state index contributed by atoms with van der Waals surface area (Å²) in [6, 6.07) is 30.6. The second-order valence-corrected chi connectivity index (χ2v) is 6.90. The number of hydrogen-bond acceptors (Lipinski definition) is 4. The summed E-state index contributed by atoms with van der Waals surface area (Å²) in [7, 11) is 0. The monoisotopic (exact) mass is 410 g/mol. The molecular weight excluding hydrogens is 388 g/mol. The largest absolute Gasteiger partial charge is 0.483 e. The fourth-order valence-electron chi connectivity index (χ4n) is 2.95. The van der Waals surface area contributed by atoms with Gasteiger partial charge in [-0.3, -0.25) is 4.79 Å². The molecule has 0 aliphatic carbocycles. The summed E-state index contributed by atoms with van der Waals surface area (Å²) in [5, 5.41) is 2.86. The van der Waals surface area contributed by atoms with E-state index in [0.717, 1.165) is 11.1 Å². The van der Waals surface area contributed by atoms with Gasteiger partial charge >= 0.3 is 0 Å². The summed E-state index contributed by atoms with van der Waals surface area (Å²) in [5.74, 6) is 0.495. The number of anilines is 1. The molecule has 154 valence electrons. The van der Waals surface area contributed by atoms with Gasteiger partial charge < -0.3 is 14.8 Å². The Bertz CT molecular complexity index is 1120. The number of hydrogen-bond donors (Lipinski definition) is 1. The maximum absolute atomic E-state index is 12.7. The van der Waals surface area contributed by atoms with Crippen molar-refractivity contribution in [3.63, 3.8) is 0 Å². The molecular formula is C26H22N2O3. The van der Waals surface area contributed by atoms with Crippen LogP contribution >= 0.6 is 0 Å². The number of rotatable bonds is 8. The zero-order valence-electron chi connectivity index (χ0n) is 16.9. The number of nitrogens with one attached hydrogen (secondary N) is 1. The van der Waals surface area contributed by atoms with Crippen LogP contribution in [-0.4, -0.2) is 10.9 Å². The molecule has 1 N–H and O–H groups in total. The van der Waals surface area contributed by atoms with Gasteiger partial charge in [-0.25, -0.2) is 4.98 Å². The number of carbonyl (C=O) groups excluding carboxylic acids is 1. The molecule has 1 aromatic heterocycles. The maximum atomic E-state index is 12.7. The number of pyridine rings is 1. The van der Waals surface area contributed by atoms with Crippen molar-refractivity contribution in [1.29, 1.82) is 0 Å². The molecule has 0 aliphatic rings. The molecule has 4 rings (SSSR count). The second-order valence-electron chi connectivity index (χ2n) is 6.90. The predicted molar refractivity (Wildman–Crippen MR) is 120 cm³/mol. The number of benzene rings is 3. The lowest BCUT2D eigenvalue weighted by atomic mass is 10.2. The molecule has 31 heavy (non-hydrogen) atoms. The van der Waals surface area contributed by atoms with Crippen LogP contribution in [0.4, 0.5) is 5.69 Å². The Labute approximate surface area is 181 Å². The zero-order valence-corrected chi connectivity index (χ0v) is 16.9. The Balaban J connectivity index is 1.53. The van der Waals surface area contributed by atoms with Crippen LogP contribution in [0.3, 0.4) is 0 Å². The van der Waals surface area contributed by atoms with Crippen molar-refractivity contribution in [2.24, 2.45) is 0 Å². The number of carbonyl (C=O) groups is 1. The molecule has 0 bridgehead atoms. The van der Waals surface area contributed by atoms with Crippen molar-refractivity contribution in [3.8, 4) is 11.6 Å². The van der Waals surface area contributed by atoms with Crippen LogP contribution in [-0.2, 0) is 13.2 Å². The first kappa shape index (κ1) is 20.2. The topological polar surface area (TPSA) is 60.5 Å². The van der Waals surface area contributed by atoms with E-state index in [1.165, 1.54) is 6.20 Å². The Morgan fingerprint density at radius 3 is 1.90 bits per heavy atom. The quantitative estimate of drug-likeness (QED) is 0.417. The van der Waals surface area contributed by atoms with Crippen LogP contribution in [0.15, 0.2) is 103 Å². The predicted octanol–water partition coefficient (Wildman–Crippen LogP) is 5.49. The van der Waals surface area contributed by atoms with Crippen LogP contribution in [0.5, 0.6) is 11.6 Å². The van der Waals surface area contributed by atoms with Crippen LogP contribution < -0.4 is 14.8 Å². The van der Waals surface area contributed by atoms with E-state index in [-0.39, 0.29) is 5.91 Å². The molecule has 1 amide bonds. The first-order valence-electron chi connectivity index (χ1n) is 9.98. The van der Waals surface area contributed by atoms with Crippen molar-refractivity contribution in [1.82, 2.24) is 4.98 Å². The second kappa shape index (κ2) is 10.1. The summed E-state index contributed by atoms with van der Waals surface area (Å²) in [6.45, 7) is 0.694. The minimum absolute atomic E-state index is 0.266. The van der Waals surface area contributed by atoms with Gasteiger partial charge in [0.25, 0.3) is 11.8 Å². The molecule has 0 saturated heterocycles. The van der Waals surface area contributed by atoms with Crippen molar-refractivity contribution >= 4 is 11.6 Å². The third-order valence-electron chi connectivity index (χ3n) is 4.57. The van der Waals surface area contributed by atoms with Gasteiger partial charge in [0.2, 0.25) is 0 Å². The van der Waals surface area contributed by atoms with E-state index in [2.05, 4.69) is 10.3 Å². The van der Waals surface area contributed by atoms with Gasteiger partial charge in [0.1, 0.15) is 13.2 Å². The number of aromatic nitrogens is 1. The van der Waals surface area contributed by atoms with Gasteiger partial charge in [0.05, 0.1) is 5.56 Å². The summed E-state index contributed by atoms with van der Waals surface area (Å²) in [6.07, 6.45) is 1.49. The molecule has 0 spiro atoms. The first-order chi connectivity index (χ1) is 15.3. The van der Waals surface area contributed by atoms with E-state index in [1.54, 1.807) is 6.07 Å². The van der Waals surface area contributed by atoms with Crippen molar-refractivity contribution < 1.29 is 14.3 Å². The fourth-order valence-corrected chi connectivity index (χ4v) is 2.95. The number of nitrogens with zero attached hydrogens (tertiary/aromatic N) is 1. The van der Waals surface area contributed by atoms with Gasteiger partial charge in [-0.15, -0.1) is 0 Å². The highest BCUT2D eigenvalue weighted by Gasteiger charge is 2.14. The van der Waals surface area contributed by atoms with Crippen molar-refractivity contribution in [2.45, 2.75) is 13.2 Å². The summed E-state index contributed by atoms with van der Waals surface area (Å²) in [4.78, 5) is 17.0. The minimum atomic E-state index is -0.266. The van der Waals surface area contributed by atoms with Gasteiger partial charge in [0.15, 0.2) is 5.75 Å². The van der Waals surface area contributed by atoms with E-state index in [9.17, 15) is 4.79 Å². The Kier molecular flexibility index (Phi) is 6.55. The molecule has 5 heteroatoms. The molecule has 0 aliphatic heterocycles. The lowest BCUT2D eigenvalue weighted by molar-refractivity contribution is 0.102. The highest BCUT2D eigenvalue weighted by atomic mass is 16.5. The minimum Gasteiger partial charge on any atom is -0.483 e. The van der Waals surface area contributed by atoms with E-state index in [0.29, 0.717) is 36.1 Å². The molecule has 1 heterocycles. The fraction of sp³-hybridized carbons (Fsp3) is 0.0769. The summed E-state index contributed by atoms with van der Waals surface area (Å²) in [5.41, 5.74) is 3.13.